The molecule has 4 nitrogen and oxygen atoms in total. The van der Waals surface area contributed by atoms with Crippen LogP contribution in [-0.4, -0.2) is 40.1 Å². The van der Waals surface area contributed by atoms with E-state index in [2.05, 4.69) is 0 Å². The summed E-state index contributed by atoms with van der Waals surface area (Å²) in [6, 6.07) is 0. The molecule has 0 aliphatic heterocycles. The maximum atomic E-state index is 10.9. The molecule has 102 valence electrons. The van der Waals surface area contributed by atoms with E-state index < -0.39 is 9.05 Å². The van der Waals surface area contributed by atoms with Crippen molar-refractivity contribution in [1.82, 2.24) is 0 Å². The molecule has 0 aromatic rings. The lowest BCUT2D eigenvalue weighted by Crippen LogP contribution is -2.29. The van der Waals surface area contributed by atoms with Gasteiger partial charge in [-0.05, 0) is 31.6 Å². The molecule has 0 amide bonds. The highest BCUT2D eigenvalue weighted by atomic mass is 35.7. The van der Waals surface area contributed by atoms with Gasteiger partial charge in [-0.3, -0.25) is 0 Å². The quantitative estimate of drug-likeness (QED) is 0.702. The first-order chi connectivity index (χ1) is 7.90. The first kappa shape index (κ1) is 15.2. The third-order valence-electron chi connectivity index (χ3n) is 3.01. The molecule has 0 saturated heterocycles. The van der Waals surface area contributed by atoms with Crippen molar-refractivity contribution in [2.75, 3.05) is 19.5 Å². The number of halogens is 1. The van der Waals surface area contributed by atoms with Crippen LogP contribution in [-0.2, 0) is 18.5 Å². The summed E-state index contributed by atoms with van der Waals surface area (Å²) in [5, 5.41) is 0. The van der Waals surface area contributed by atoms with E-state index in [1.165, 1.54) is 0 Å². The summed E-state index contributed by atoms with van der Waals surface area (Å²) in [4.78, 5) is 0. The molecule has 1 saturated carbocycles. The van der Waals surface area contributed by atoms with Gasteiger partial charge in [0.05, 0.1) is 24.6 Å². The number of methoxy groups -OCH3 is 1. The summed E-state index contributed by atoms with van der Waals surface area (Å²) >= 11 is 0. The predicted molar refractivity (Wildman–Crippen MR) is 67.8 cm³/mol. The molecule has 1 rings (SSSR count). The number of rotatable bonds is 6. The van der Waals surface area contributed by atoms with E-state index in [1.807, 2.05) is 6.92 Å². The first-order valence-electron chi connectivity index (χ1n) is 5.97. The van der Waals surface area contributed by atoms with Gasteiger partial charge in [0.15, 0.2) is 0 Å². The highest BCUT2D eigenvalue weighted by Gasteiger charge is 2.23. The van der Waals surface area contributed by atoms with Crippen molar-refractivity contribution < 1.29 is 17.9 Å². The highest BCUT2D eigenvalue weighted by Crippen LogP contribution is 2.23. The third kappa shape index (κ3) is 6.60. The van der Waals surface area contributed by atoms with E-state index in [9.17, 15) is 8.42 Å². The van der Waals surface area contributed by atoms with Crippen LogP contribution in [0.2, 0.25) is 0 Å². The van der Waals surface area contributed by atoms with Crippen LogP contribution in [0.15, 0.2) is 0 Å². The Morgan fingerprint density at radius 3 is 2.59 bits per heavy atom. The minimum Gasteiger partial charge on any atom is -0.381 e. The topological polar surface area (TPSA) is 52.6 Å². The van der Waals surface area contributed by atoms with E-state index in [1.54, 1.807) is 7.11 Å². The van der Waals surface area contributed by atoms with E-state index in [4.69, 9.17) is 20.2 Å². The molecule has 0 heterocycles. The Morgan fingerprint density at radius 2 is 2.00 bits per heavy atom. The average molecular weight is 285 g/mol. The van der Waals surface area contributed by atoms with Crippen LogP contribution in [0.1, 0.15) is 32.6 Å². The van der Waals surface area contributed by atoms with Gasteiger partial charge >= 0.3 is 0 Å². The standard InChI is InChI=1S/C11H21ClO4S/c1-9(8-17(12,13)14)7-16-11-5-3-4-10(6-11)15-2/h9-11H,3-8H2,1-2H3. The van der Waals surface area contributed by atoms with Gasteiger partial charge < -0.3 is 9.47 Å². The Balaban J connectivity index is 2.25. The Bertz CT molecular complexity index is 317. The first-order valence-corrected chi connectivity index (χ1v) is 8.45. The van der Waals surface area contributed by atoms with Gasteiger partial charge in [0.25, 0.3) is 0 Å². The zero-order valence-corrected chi connectivity index (χ0v) is 12.0. The van der Waals surface area contributed by atoms with Crippen molar-refractivity contribution in [1.29, 1.82) is 0 Å². The summed E-state index contributed by atoms with van der Waals surface area (Å²) in [5.41, 5.74) is 0. The molecule has 0 spiro atoms. The van der Waals surface area contributed by atoms with E-state index in [0.29, 0.717) is 6.61 Å². The van der Waals surface area contributed by atoms with E-state index in [0.717, 1.165) is 25.7 Å². The Hall–Kier alpha value is 0.160. The number of hydrogen-bond acceptors (Lipinski definition) is 4. The van der Waals surface area contributed by atoms with Crippen LogP contribution in [0.3, 0.4) is 0 Å². The van der Waals surface area contributed by atoms with Crippen LogP contribution in [0.4, 0.5) is 0 Å². The van der Waals surface area contributed by atoms with Crippen molar-refractivity contribution >= 4 is 19.7 Å². The molecule has 0 bridgehead atoms. The summed E-state index contributed by atoms with van der Waals surface area (Å²) in [6.07, 6.45) is 4.58. The van der Waals surface area contributed by atoms with E-state index >= 15 is 0 Å². The summed E-state index contributed by atoms with van der Waals surface area (Å²) in [5.74, 6) is -0.102. The molecule has 3 unspecified atom stereocenters. The fourth-order valence-electron chi connectivity index (χ4n) is 2.16. The minimum absolute atomic E-state index is 0.0328. The maximum Gasteiger partial charge on any atom is 0.232 e. The normalized spacial score (nSPS) is 27.9. The summed E-state index contributed by atoms with van der Waals surface area (Å²) < 4.78 is 32.8. The van der Waals surface area contributed by atoms with Gasteiger partial charge in [-0.25, -0.2) is 8.42 Å². The van der Waals surface area contributed by atoms with Gasteiger partial charge in [-0.2, -0.15) is 0 Å². The SMILES string of the molecule is COC1CCCC(OCC(C)CS(=O)(=O)Cl)C1. The lowest BCUT2D eigenvalue weighted by Gasteiger charge is -2.29. The fourth-order valence-corrected chi connectivity index (χ4v) is 3.58. The molecule has 0 N–H and O–H groups in total. The van der Waals surface area contributed by atoms with Crippen molar-refractivity contribution in [3.63, 3.8) is 0 Å². The molecule has 0 aromatic carbocycles. The molecule has 1 fully saturated rings. The monoisotopic (exact) mass is 284 g/mol. The van der Waals surface area contributed by atoms with Gasteiger partial charge in [0.1, 0.15) is 0 Å². The smallest absolute Gasteiger partial charge is 0.232 e. The molecule has 0 aromatic heterocycles. The average Bonchev–Trinajstić information content (AvgIpc) is 2.24. The van der Waals surface area contributed by atoms with Crippen LogP contribution in [0.25, 0.3) is 0 Å². The third-order valence-corrected chi connectivity index (χ3v) is 4.36. The van der Waals surface area contributed by atoms with Crippen molar-refractivity contribution in [2.24, 2.45) is 5.92 Å². The van der Waals surface area contributed by atoms with Crippen LogP contribution < -0.4 is 0 Å². The molecule has 17 heavy (non-hydrogen) atoms. The Morgan fingerprint density at radius 1 is 1.35 bits per heavy atom. The zero-order valence-electron chi connectivity index (χ0n) is 10.4. The lowest BCUT2D eigenvalue weighted by atomic mass is 9.95. The van der Waals surface area contributed by atoms with Crippen molar-refractivity contribution in [3.8, 4) is 0 Å². The molecule has 0 radical (unpaired) electrons. The second-order valence-corrected chi connectivity index (χ2v) is 7.61. The molecule has 1 aliphatic rings. The van der Waals surface area contributed by atoms with Gasteiger partial charge in [0, 0.05) is 17.8 Å². The summed E-state index contributed by atoms with van der Waals surface area (Å²) in [7, 11) is 3.49. The van der Waals surface area contributed by atoms with Crippen LogP contribution in [0.5, 0.6) is 0 Å². The van der Waals surface area contributed by atoms with Crippen LogP contribution in [0, 0.1) is 5.92 Å². The number of hydrogen-bond donors (Lipinski definition) is 0. The highest BCUT2D eigenvalue weighted by molar-refractivity contribution is 8.13. The van der Waals surface area contributed by atoms with Crippen LogP contribution >= 0.6 is 10.7 Å². The second-order valence-electron chi connectivity index (χ2n) is 4.79. The van der Waals surface area contributed by atoms with E-state index in [-0.39, 0.29) is 23.9 Å². The van der Waals surface area contributed by atoms with Gasteiger partial charge in [0.2, 0.25) is 9.05 Å². The fraction of sp³-hybridized carbons (Fsp3) is 1.00. The van der Waals surface area contributed by atoms with Gasteiger partial charge in [-0.15, -0.1) is 0 Å². The summed E-state index contributed by atoms with van der Waals surface area (Å²) in [6.45, 7) is 2.27. The minimum atomic E-state index is -3.42. The second kappa shape index (κ2) is 6.92. The Labute approximate surface area is 108 Å². The maximum absolute atomic E-state index is 10.9. The zero-order chi connectivity index (χ0) is 12.9. The number of ether oxygens (including phenoxy) is 2. The molecular weight excluding hydrogens is 264 g/mol. The largest absolute Gasteiger partial charge is 0.381 e. The molecule has 3 atom stereocenters. The van der Waals surface area contributed by atoms with Crippen molar-refractivity contribution in [2.45, 2.75) is 44.8 Å². The lowest BCUT2D eigenvalue weighted by molar-refractivity contribution is -0.0366. The molecule has 1 aliphatic carbocycles. The predicted octanol–water partition coefficient (Wildman–Crippen LogP) is 2.17. The molecular formula is C11H21ClO4S. The Kier molecular flexibility index (Phi) is 6.20. The van der Waals surface area contributed by atoms with Crippen molar-refractivity contribution in [3.05, 3.63) is 0 Å². The molecule has 6 heteroatoms. The van der Waals surface area contributed by atoms with Gasteiger partial charge in [-0.1, -0.05) is 6.92 Å².